The van der Waals surface area contributed by atoms with Crippen LogP contribution in [0.25, 0.3) is 21.5 Å². The first-order valence-corrected chi connectivity index (χ1v) is 26.2. The highest BCUT2D eigenvalue weighted by Crippen LogP contribution is 2.41. The van der Waals surface area contributed by atoms with E-state index in [9.17, 15) is 9.59 Å². The van der Waals surface area contributed by atoms with Gasteiger partial charge in [-0.3, -0.25) is 19.4 Å². The van der Waals surface area contributed by atoms with Crippen molar-refractivity contribution < 1.29 is 28.9 Å². The van der Waals surface area contributed by atoms with Gasteiger partial charge in [-0.15, -0.1) is 0 Å². The molecule has 0 aromatic heterocycles. The molecule has 0 spiro atoms. The highest BCUT2D eigenvalue weighted by Gasteiger charge is 2.32. The van der Waals surface area contributed by atoms with Gasteiger partial charge in [-0.2, -0.15) is 0 Å². The molecule has 1 N–H and O–H groups in total. The number of aliphatic carboxylic acids is 1. The van der Waals surface area contributed by atoms with Crippen LogP contribution in [0.15, 0.2) is 72.8 Å². The molecule has 4 aliphatic rings. The van der Waals surface area contributed by atoms with Crippen LogP contribution in [-0.4, -0.2) is 71.3 Å². The van der Waals surface area contributed by atoms with Crippen LogP contribution in [0.3, 0.4) is 0 Å². The molecule has 4 fully saturated rings. The average Bonchev–Trinajstić information content (AvgIpc) is 4.06. The van der Waals surface area contributed by atoms with Gasteiger partial charge in [0.1, 0.15) is 11.5 Å². The highest BCUT2D eigenvalue weighted by molar-refractivity contribution is 5.85. The van der Waals surface area contributed by atoms with Gasteiger partial charge in [0.2, 0.25) is 0 Å². The van der Waals surface area contributed by atoms with Gasteiger partial charge in [0.15, 0.2) is 0 Å². The van der Waals surface area contributed by atoms with E-state index in [4.69, 9.17) is 19.3 Å². The zero-order chi connectivity index (χ0) is 47.6. The first kappa shape index (κ1) is 50.7. The number of benzene rings is 4. The van der Waals surface area contributed by atoms with Crippen molar-refractivity contribution in [2.75, 3.05) is 20.2 Å². The number of hydrogen-bond donors (Lipinski definition) is 1. The lowest BCUT2D eigenvalue weighted by Crippen LogP contribution is -2.34. The number of carboxylic acid groups (broad SMARTS) is 1. The Hall–Kier alpha value is -4.14. The van der Waals surface area contributed by atoms with Gasteiger partial charge < -0.3 is 19.3 Å². The molecule has 4 aromatic carbocycles. The summed E-state index contributed by atoms with van der Waals surface area (Å²) >= 11 is 0. The average molecular weight is 917 g/mol. The van der Waals surface area contributed by atoms with E-state index in [2.05, 4.69) is 124 Å². The topological polar surface area (TPSA) is 88.5 Å². The van der Waals surface area contributed by atoms with Crippen LogP contribution in [0.2, 0.25) is 0 Å². The second kappa shape index (κ2) is 23.4. The third kappa shape index (κ3) is 14.9. The molecule has 4 aliphatic carbocycles. The molecule has 4 saturated carbocycles. The predicted octanol–water partition coefficient (Wildman–Crippen LogP) is 14.2. The Balaban J connectivity index is 0.000000199. The molecule has 67 heavy (non-hydrogen) atoms. The summed E-state index contributed by atoms with van der Waals surface area (Å²) in [7, 11) is 1.47. The number of ether oxygens (including phenoxy) is 3. The fraction of sp³-hybridized carbons (Fsp3) is 0.627. The number of carbonyl (C=O) groups is 2. The van der Waals surface area contributed by atoms with Gasteiger partial charge in [0.05, 0.1) is 32.2 Å². The number of hydrogen-bond acceptors (Lipinski definition) is 7. The largest absolute Gasteiger partial charge is 0.490 e. The lowest BCUT2D eigenvalue weighted by atomic mass is 9.72. The molecule has 0 heterocycles. The molecule has 8 nitrogen and oxygen atoms in total. The zero-order valence-corrected chi connectivity index (χ0v) is 42.3. The second-order valence-electron chi connectivity index (χ2n) is 22.9. The van der Waals surface area contributed by atoms with Gasteiger partial charge in [-0.1, -0.05) is 104 Å². The highest BCUT2D eigenvalue weighted by atomic mass is 16.5. The van der Waals surface area contributed by atoms with E-state index in [1.807, 2.05) is 0 Å². The van der Waals surface area contributed by atoms with Gasteiger partial charge in [0.25, 0.3) is 0 Å². The molecule has 0 saturated heterocycles. The summed E-state index contributed by atoms with van der Waals surface area (Å²) in [5.74, 6) is 2.73. The summed E-state index contributed by atoms with van der Waals surface area (Å²) in [4.78, 5) is 27.7. The Labute approximate surface area is 403 Å². The number of carbonyl (C=O) groups excluding carboxylic acids is 1. The summed E-state index contributed by atoms with van der Waals surface area (Å²) in [6.45, 7) is 17.3. The lowest BCUT2D eigenvalue weighted by Gasteiger charge is -2.37. The number of carboxylic acids is 1. The molecule has 0 radical (unpaired) electrons. The third-order valence-electron chi connectivity index (χ3n) is 16.1. The van der Waals surface area contributed by atoms with Gasteiger partial charge >= 0.3 is 11.9 Å². The number of rotatable bonds is 16. The molecule has 8 heteroatoms. The molecular weight excluding hydrogens is 833 g/mol. The minimum absolute atomic E-state index is 0.124. The quantitative estimate of drug-likeness (QED) is 0.111. The molecule has 366 valence electrons. The fourth-order valence-electron chi connectivity index (χ4n) is 11.7. The van der Waals surface area contributed by atoms with Crippen molar-refractivity contribution in [3.8, 4) is 11.5 Å². The first-order chi connectivity index (χ1) is 32.1. The Morgan fingerprint density at radius 1 is 0.522 bits per heavy atom. The van der Waals surface area contributed by atoms with E-state index < -0.39 is 5.97 Å². The predicted molar refractivity (Wildman–Crippen MR) is 274 cm³/mol. The minimum atomic E-state index is -0.712. The Kier molecular flexibility index (Phi) is 17.8. The van der Waals surface area contributed by atoms with Crippen LogP contribution in [0.1, 0.15) is 168 Å². The lowest BCUT2D eigenvalue weighted by molar-refractivity contribution is -0.141. The molecule has 0 amide bonds. The van der Waals surface area contributed by atoms with Crippen molar-refractivity contribution in [1.29, 1.82) is 0 Å². The molecular formula is C59H84N2O6. The van der Waals surface area contributed by atoms with E-state index in [1.54, 1.807) is 0 Å². The minimum Gasteiger partial charge on any atom is -0.490 e. The normalized spacial score (nSPS) is 22.0. The van der Waals surface area contributed by atoms with E-state index in [1.165, 1.54) is 117 Å². The standard InChI is InChI=1S/C30H43NO3.C29H41NO3/c1-30(2,3)25-12-15-27(16-13-25)34-28-14-11-23-19-22(9-10-24(23)20-28)21-31(18-17-29(32)33-4)26-7-5-6-8-26;1-29(2,3)24-11-14-26(15-12-24)33-27-13-10-22-18-21(8-9-23(22)19-27)20-30(17-16-28(31)32)25-6-4-5-7-25/h9-11,14,19-20,25-27H,5-8,12-13,15-18,21H2,1-4H3;8-10,13,18-19,24-26H,4-7,11-12,14-17,20H2,1-3H3,(H,31,32). The SMILES string of the molecule is CC(C)(C)C1CCC(Oc2ccc3cc(CN(CCC(=O)O)C4CCCC4)ccc3c2)CC1.COC(=O)CCN(Cc1ccc2cc(OC3CCC(C(C)(C)C)CC3)ccc2c1)C1CCCC1. The molecule has 4 aromatic rings. The van der Waals surface area contributed by atoms with Crippen LogP contribution in [0, 0.1) is 22.7 Å². The van der Waals surface area contributed by atoms with E-state index in [0.717, 1.165) is 68.7 Å². The monoisotopic (exact) mass is 917 g/mol. The van der Waals surface area contributed by atoms with Crippen LogP contribution in [0.4, 0.5) is 0 Å². The Morgan fingerprint density at radius 2 is 0.896 bits per heavy atom. The van der Waals surface area contributed by atoms with Crippen LogP contribution < -0.4 is 9.47 Å². The van der Waals surface area contributed by atoms with Crippen molar-refractivity contribution >= 4 is 33.5 Å². The van der Waals surface area contributed by atoms with Gasteiger partial charge in [-0.05, 0) is 169 Å². The summed E-state index contributed by atoms with van der Waals surface area (Å²) in [6, 6.07) is 27.5. The maximum atomic E-state index is 11.7. The summed E-state index contributed by atoms with van der Waals surface area (Å²) in [6.07, 6.45) is 20.9. The molecule has 0 bridgehead atoms. The van der Waals surface area contributed by atoms with E-state index in [-0.39, 0.29) is 12.4 Å². The maximum Gasteiger partial charge on any atom is 0.306 e. The summed E-state index contributed by atoms with van der Waals surface area (Å²) in [5.41, 5.74) is 3.36. The first-order valence-electron chi connectivity index (χ1n) is 26.2. The van der Waals surface area contributed by atoms with Crippen molar-refractivity contribution in [2.24, 2.45) is 22.7 Å². The smallest absolute Gasteiger partial charge is 0.306 e. The van der Waals surface area contributed by atoms with E-state index >= 15 is 0 Å². The summed E-state index contributed by atoms with van der Waals surface area (Å²) < 4.78 is 17.7. The van der Waals surface area contributed by atoms with Crippen LogP contribution >= 0.6 is 0 Å². The van der Waals surface area contributed by atoms with Crippen LogP contribution in [0.5, 0.6) is 11.5 Å². The van der Waals surface area contributed by atoms with Crippen molar-refractivity contribution in [2.45, 2.75) is 194 Å². The number of methoxy groups -OCH3 is 1. The number of esters is 1. The number of fused-ring (bicyclic) bond motifs is 2. The molecule has 0 aliphatic heterocycles. The van der Waals surface area contributed by atoms with Crippen molar-refractivity contribution in [3.05, 3.63) is 83.9 Å². The Morgan fingerprint density at radius 3 is 1.27 bits per heavy atom. The van der Waals surface area contributed by atoms with E-state index in [0.29, 0.717) is 48.1 Å². The maximum absolute atomic E-state index is 11.7. The van der Waals surface area contributed by atoms with Gasteiger partial charge in [-0.25, -0.2) is 0 Å². The van der Waals surface area contributed by atoms with Crippen LogP contribution in [-0.2, 0) is 27.4 Å². The molecule has 8 rings (SSSR count). The third-order valence-corrected chi connectivity index (χ3v) is 16.1. The number of nitrogens with zero attached hydrogens (tertiary/aromatic N) is 2. The fourth-order valence-corrected chi connectivity index (χ4v) is 11.7. The van der Waals surface area contributed by atoms with Crippen molar-refractivity contribution in [1.82, 2.24) is 9.80 Å². The van der Waals surface area contributed by atoms with Gasteiger partial charge in [0, 0.05) is 38.3 Å². The second-order valence-corrected chi connectivity index (χ2v) is 22.9. The van der Waals surface area contributed by atoms with Crippen molar-refractivity contribution in [3.63, 3.8) is 0 Å². The Bertz CT molecular complexity index is 2200. The molecule has 0 unspecified atom stereocenters. The molecule has 0 atom stereocenters. The summed E-state index contributed by atoms with van der Waals surface area (Å²) in [5, 5.41) is 14.1. The zero-order valence-electron chi connectivity index (χ0n) is 42.3.